The van der Waals surface area contributed by atoms with Gasteiger partial charge in [-0.3, -0.25) is 9.59 Å². The van der Waals surface area contributed by atoms with Gasteiger partial charge in [0.2, 0.25) is 0 Å². The molecule has 0 atom stereocenters. The van der Waals surface area contributed by atoms with Crippen molar-refractivity contribution in [1.29, 1.82) is 0 Å². The molecule has 2 N–H and O–H groups in total. The maximum Gasteiger partial charge on any atom is 0.287 e. The molecule has 6 heteroatoms. The summed E-state index contributed by atoms with van der Waals surface area (Å²) < 4.78 is 7.04. The van der Waals surface area contributed by atoms with E-state index in [1.165, 1.54) is 10.6 Å². The average molecular weight is 332 g/mol. The second-order valence-electron chi connectivity index (χ2n) is 5.98. The molecule has 0 radical (unpaired) electrons. The van der Waals surface area contributed by atoms with Crippen molar-refractivity contribution >= 4 is 5.91 Å². The molecule has 2 aromatic rings. The van der Waals surface area contributed by atoms with Crippen molar-refractivity contribution in [1.82, 2.24) is 9.88 Å². The zero-order chi connectivity index (χ0) is 17.6. The van der Waals surface area contributed by atoms with Crippen LogP contribution in [0.25, 0.3) is 0 Å². The minimum absolute atomic E-state index is 0.0284. The fourth-order valence-electron chi connectivity index (χ4n) is 2.48. The van der Waals surface area contributed by atoms with Gasteiger partial charge in [-0.1, -0.05) is 19.9 Å². The Balaban J connectivity index is 2.01. The third kappa shape index (κ3) is 4.14. The van der Waals surface area contributed by atoms with Crippen LogP contribution in [0, 0.1) is 5.41 Å². The van der Waals surface area contributed by atoms with Crippen molar-refractivity contribution in [2.75, 3.05) is 13.2 Å². The molecule has 0 aliphatic heterocycles. The molecule has 0 fully saturated rings. The van der Waals surface area contributed by atoms with E-state index in [1.54, 1.807) is 30.5 Å². The second-order valence-corrected chi connectivity index (χ2v) is 5.98. The molecule has 0 spiro atoms. The summed E-state index contributed by atoms with van der Waals surface area (Å²) in [4.78, 5) is 23.9. The normalized spacial score (nSPS) is 11.5. The van der Waals surface area contributed by atoms with E-state index in [0.717, 1.165) is 12.8 Å². The number of hydrogen-bond donors (Lipinski definition) is 2. The topological polar surface area (TPSA) is 84.5 Å². The monoisotopic (exact) mass is 332 g/mol. The zero-order valence-corrected chi connectivity index (χ0v) is 14.1. The Morgan fingerprint density at radius 3 is 2.62 bits per heavy atom. The molecule has 24 heavy (non-hydrogen) atoms. The van der Waals surface area contributed by atoms with Gasteiger partial charge in [0.05, 0.1) is 13.2 Å². The van der Waals surface area contributed by atoms with Crippen LogP contribution in [0.15, 0.2) is 45.7 Å². The van der Waals surface area contributed by atoms with Gasteiger partial charge in [0, 0.05) is 24.2 Å². The highest BCUT2D eigenvalue weighted by Gasteiger charge is 2.26. The van der Waals surface area contributed by atoms with Crippen LogP contribution in [0.4, 0.5) is 0 Å². The third-order valence-corrected chi connectivity index (χ3v) is 4.57. The SMILES string of the molecule is CCC(CC)(CO)CNC(=O)c1ccc(Cn2ccccc2=O)o1. The predicted molar refractivity (Wildman–Crippen MR) is 90.9 cm³/mol. The Morgan fingerprint density at radius 2 is 2.00 bits per heavy atom. The molecule has 1 amide bonds. The van der Waals surface area contributed by atoms with Gasteiger partial charge < -0.3 is 19.4 Å². The minimum atomic E-state index is -0.318. The number of carbonyl (C=O) groups is 1. The third-order valence-electron chi connectivity index (χ3n) is 4.57. The van der Waals surface area contributed by atoms with Crippen molar-refractivity contribution in [2.24, 2.45) is 5.41 Å². The van der Waals surface area contributed by atoms with Gasteiger partial charge in [0.25, 0.3) is 11.5 Å². The first-order chi connectivity index (χ1) is 11.5. The largest absolute Gasteiger partial charge is 0.454 e. The molecule has 0 aliphatic carbocycles. The minimum Gasteiger partial charge on any atom is -0.454 e. The Hall–Kier alpha value is -2.34. The van der Waals surface area contributed by atoms with Crippen molar-refractivity contribution in [3.63, 3.8) is 0 Å². The fourth-order valence-corrected chi connectivity index (χ4v) is 2.48. The highest BCUT2D eigenvalue weighted by molar-refractivity contribution is 5.91. The van der Waals surface area contributed by atoms with E-state index in [4.69, 9.17) is 4.42 Å². The summed E-state index contributed by atoms with van der Waals surface area (Å²) in [5, 5.41) is 12.4. The molecule has 0 saturated heterocycles. The van der Waals surface area contributed by atoms with Gasteiger partial charge in [0.15, 0.2) is 5.76 Å². The molecular weight excluding hydrogens is 308 g/mol. The number of carbonyl (C=O) groups excluding carboxylic acids is 1. The fraction of sp³-hybridized carbons (Fsp3) is 0.444. The van der Waals surface area contributed by atoms with Crippen LogP contribution in [0.2, 0.25) is 0 Å². The molecule has 2 heterocycles. The van der Waals surface area contributed by atoms with Gasteiger partial charge in [-0.05, 0) is 31.0 Å². The van der Waals surface area contributed by atoms with Crippen molar-refractivity contribution in [2.45, 2.75) is 33.2 Å². The maximum atomic E-state index is 12.2. The molecule has 130 valence electrons. The zero-order valence-electron chi connectivity index (χ0n) is 14.1. The van der Waals surface area contributed by atoms with Crippen LogP contribution in [-0.2, 0) is 6.54 Å². The highest BCUT2D eigenvalue weighted by Crippen LogP contribution is 2.24. The van der Waals surface area contributed by atoms with E-state index in [1.807, 2.05) is 13.8 Å². The van der Waals surface area contributed by atoms with Crippen LogP contribution in [0.1, 0.15) is 43.0 Å². The Morgan fingerprint density at radius 1 is 1.25 bits per heavy atom. The standard InChI is InChI=1S/C18H24N2O4/c1-3-18(4-2,13-21)12-19-17(23)15-9-8-14(24-15)11-20-10-6-5-7-16(20)22/h5-10,21H,3-4,11-13H2,1-2H3,(H,19,23). The van der Waals surface area contributed by atoms with E-state index < -0.39 is 0 Å². The molecule has 2 aromatic heterocycles. The average Bonchev–Trinajstić information content (AvgIpc) is 3.07. The molecule has 0 saturated carbocycles. The van der Waals surface area contributed by atoms with Gasteiger partial charge in [-0.25, -0.2) is 0 Å². The van der Waals surface area contributed by atoms with Gasteiger partial charge in [0.1, 0.15) is 5.76 Å². The number of hydrogen-bond acceptors (Lipinski definition) is 4. The second kappa shape index (κ2) is 7.97. The molecule has 2 rings (SSSR count). The van der Waals surface area contributed by atoms with Gasteiger partial charge in [-0.15, -0.1) is 0 Å². The van der Waals surface area contributed by atoms with Crippen LogP contribution < -0.4 is 10.9 Å². The number of nitrogens with one attached hydrogen (secondary N) is 1. The summed E-state index contributed by atoms with van der Waals surface area (Å²) in [5.41, 5.74) is -0.430. The lowest BCUT2D eigenvalue weighted by Gasteiger charge is -2.29. The summed E-state index contributed by atoms with van der Waals surface area (Å²) >= 11 is 0. The predicted octanol–water partition coefficient (Wildman–Crippen LogP) is 2.02. The number of nitrogens with zero attached hydrogens (tertiary/aromatic N) is 1. The Labute approximate surface area is 141 Å². The van der Waals surface area contributed by atoms with E-state index in [-0.39, 0.29) is 35.8 Å². The van der Waals surface area contributed by atoms with Gasteiger partial charge >= 0.3 is 0 Å². The van der Waals surface area contributed by atoms with E-state index in [2.05, 4.69) is 5.32 Å². The van der Waals surface area contributed by atoms with Crippen LogP contribution in [-0.4, -0.2) is 28.7 Å². The molecule has 0 unspecified atom stereocenters. The van der Waals surface area contributed by atoms with Crippen molar-refractivity contribution in [3.8, 4) is 0 Å². The number of pyridine rings is 1. The smallest absolute Gasteiger partial charge is 0.287 e. The number of rotatable bonds is 8. The Kier molecular flexibility index (Phi) is 5.98. The van der Waals surface area contributed by atoms with E-state index in [0.29, 0.717) is 12.3 Å². The lowest BCUT2D eigenvalue weighted by atomic mass is 9.83. The molecule has 0 aliphatic rings. The van der Waals surface area contributed by atoms with E-state index >= 15 is 0 Å². The lowest BCUT2D eigenvalue weighted by Crippen LogP contribution is -2.39. The summed E-state index contributed by atoms with van der Waals surface area (Å²) in [6.45, 7) is 4.69. The summed E-state index contributed by atoms with van der Waals surface area (Å²) in [6.07, 6.45) is 3.23. The number of amides is 1. The first-order valence-corrected chi connectivity index (χ1v) is 8.17. The van der Waals surface area contributed by atoms with E-state index in [9.17, 15) is 14.7 Å². The first-order valence-electron chi connectivity index (χ1n) is 8.17. The van der Waals surface area contributed by atoms with Crippen LogP contribution in [0.5, 0.6) is 0 Å². The summed E-state index contributed by atoms with van der Waals surface area (Å²) in [5.74, 6) is 0.419. The van der Waals surface area contributed by atoms with Crippen LogP contribution >= 0.6 is 0 Å². The van der Waals surface area contributed by atoms with Crippen molar-refractivity contribution in [3.05, 3.63) is 58.4 Å². The summed E-state index contributed by atoms with van der Waals surface area (Å²) in [6, 6.07) is 8.20. The van der Waals surface area contributed by atoms with Crippen LogP contribution in [0.3, 0.4) is 0 Å². The Bertz CT molecular complexity index is 720. The number of aliphatic hydroxyl groups is 1. The summed E-state index contributed by atoms with van der Waals surface area (Å²) in [7, 11) is 0. The number of furan rings is 1. The molecule has 0 bridgehead atoms. The molecule has 0 aromatic carbocycles. The van der Waals surface area contributed by atoms with Crippen molar-refractivity contribution < 1.29 is 14.3 Å². The molecular formula is C18H24N2O4. The first kappa shape index (κ1) is 18.0. The lowest BCUT2D eigenvalue weighted by molar-refractivity contribution is 0.0826. The maximum absolute atomic E-state index is 12.2. The number of aliphatic hydroxyl groups excluding tert-OH is 1. The van der Waals surface area contributed by atoms with Gasteiger partial charge in [-0.2, -0.15) is 0 Å². The number of aromatic nitrogens is 1. The quantitative estimate of drug-likeness (QED) is 0.774. The highest BCUT2D eigenvalue weighted by atomic mass is 16.4. The molecule has 6 nitrogen and oxygen atoms in total.